The smallest absolute Gasteiger partial charge is 0.238 e. The van der Waals surface area contributed by atoms with Gasteiger partial charge in [-0.2, -0.15) is 9.97 Å². The Morgan fingerprint density at radius 2 is 0.776 bits per heavy atom. The summed E-state index contributed by atoms with van der Waals surface area (Å²) in [5.41, 5.74) is 7.36. The Morgan fingerprint density at radius 3 is 1.34 bits per heavy atom. The van der Waals surface area contributed by atoms with Crippen LogP contribution in [-0.4, -0.2) is 24.1 Å². The molecule has 5 nitrogen and oxygen atoms in total. The summed E-state index contributed by atoms with van der Waals surface area (Å²) in [5, 5.41) is 9.56. The standard InChI is InChI=1S/C51H29N5S2/c1-2-12-32(13-3-1)55-41-18-8-4-14-33(41)37-24-25-38-34-15-5-9-19-42(34)56(48(38)47(37)55)51-53-49(30-22-26-45-39(28-30)35-16-6-10-20-43(35)57-45)52-50(54-51)31-23-27-46-40(29-31)36-17-7-11-21-44(36)58-46/h1-29H. The van der Waals surface area contributed by atoms with Gasteiger partial charge in [-0.05, 0) is 72.8 Å². The summed E-state index contributed by atoms with van der Waals surface area (Å²) in [5.74, 6) is 1.84. The Labute approximate surface area is 339 Å². The van der Waals surface area contributed by atoms with E-state index in [1.54, 1.807) is 0 Å². The zero-order valence-corrected chi connectivity index (χ0v) is 32.4. The number of para-hydroxylation sites is 3. The molecule has 0 saturated carbocycles. The molecule has 0 aliphatic rings. The number of benzene rings is 8. The summed E-state index contributed by atoms with van der Waals surface area (Å²) in [6, 6.07) is 63.0. The Kier molecular flexibility index (Phi) is 6.70. The van der Waals surface area contributed by atoms with Gasteiger partial charge in [-0.1, -0.05) is 103 Å². The lowest BCUT2D eigenvalue weighted by atomic mass is 10.1. The van der Waals surface area contributed by atoms with E-state index in [1.165, 1.54) is 51.1 Å². The summed E-state index contributed by atoms with van der Waals surface area (Å²) in [4.78, 5) is 16.2. The van der Waals surface area contributed by atoms with Crippen molar-refractivity contribution in [3.8, 4) is 34.4 Å². The molecule has 0 unspecified atom stereocenters. The zero-order chi connectivity index (χ0) is 37.9. The number of thiophene rings is 2. The molecule has 5 heterocycles. The molecule has 8 aromatic carbocycles. The molecule has 0 bridgehead atoms. The molecule has 0 N–H and O–H groups in total. The second kappa shape index (κ2) is 12.2. The van der Waals surface area contributed by atoms with Crippen molar-refractivity contribution >= 4 is 107 Å². The number of aromatic nitrogens is 5. The molecule has 0 aliphatic carbocycles. The molecule has 0 spiro atoms. The predicted molar refractivity (Wildman–Crippen MR) is 245 cm³/mol. The minimum atomic E-state index is 0.578. The maximum atomic E-state index is 5.45. The van der Waals surface area contributed by atoms with Gasteiger partial charge in [-0.15, -0.1) is 22.7 Å². The molecule has 5 aromatic heterocycles. The minimum Gasteiger partial charge on any atom is -0.307 e. The SMILES string of the molecule is c1ccc(-n2c3ccccc3c3ccc4c5ccccc5n(-c5nc(-c6ccc7sc8ccccc8c7c6)nc(-c6ccc7sc8ccccc8c7c6)n5)c4c32)cc1. The van der Waals surface area contributed by atoms with Crippen LogP contribution in [0.5, 0.6) is 0 Å². The summed E-state index contributed by atoms with van der Waals surface area (Å²) in [6.45, 7) is 0. The fraction of sp³-hybridized carbons (Fsp3) is 0. The highest BCUT2D eigenvalue weighted by Gasteiger charge is 2.24. The van der Waals surface area contributed by atoms with Crippen LogP contribution in [0.4, 0.5) is 0 Å². The van der Waals surface area contributed by atoms with Crippen LogP contribution < -0.4 is 0 Å². The molecule has 0 saturated heterocycles. The highest BCUT2D eigenvalue weighted by atomic mass is 32.1. The summed E-state index contributed by atoms with van der Waals surface area (Å²) in [6.07, 6.45) is 0. The third kappa shape index (κ3) is 4.60. The van der Waals surface area contributed by atoms with Crippen LogP contribution in [0.3, 0.4) is 0 Å². The summed E-state index contributed by atoms with van der Waals surface area (Å²) in [7, 11) is 0. The van der Waals surface area contributed by atoms with Crippen molar-refractivity contribution in [1.29, 1.82) is 0 Å². The first-order valence-electron chi connectivity index (χ1n) is 19.4. The van der Waals surface area contributed by atoms with Crippen LogP contribution in [0.25, 0.3) is 118 Å². The van der Waals surface area contributed by atoms with Crippen LogP contribution in [0, 0.1) is 0 Å². The molecular formula is C51H29N5S2. The first-order valence-corrected chi connectivity index (χ1v) is 21.0. The molecule has 0 fully saturated rings. The predicted octanol–water partition coefficient (Wildman–Crippen LogP) is 14.1. The van der Waals surface area contributed by atoms with E-state index in [1.807, 2.05) is 22.7 Å². The molecule has 58 heavy (non-hydrogen) atoms. The Balaban J connectivity index is 1.16. The molecule has 13 aromatic rings. The van der Waals surface area contributed by atoms with Gasteiger partial charge in [0.1, 0.15) is 0 Å². The maximum absolute atomic E-state index is 5.45. The highest BCUT2D eigenvalue weighted by Crippen LogP contribution is 2.43. The molecule has 270 valence electrons. The normalized spacial score (nSPS) is 12.1. The van der Waals surface area contributed by atoms with E-state index in [0.29, 0.717) is 17.6 Å². The number of hydrogen-bond acceptors (Lipinski definition) is 5. The van der Waals surface area contributed by atoms with Gasteiger partial charge in [0.05, 0.1) is 22.1 Å². The summed E-state index contributed by atoms with van der Waals surface area (Å²) >= 11 is 3.63. The molecular weight excluding hydrogens is 747 g/mol. The van der Waals surface area contributed by atoms with Crippen LogP contribution in [0.1, 0.15) is 0 Å². The van der Waals surface area contributed by atoms with Crippen molar-refractivity contribution in [2.24, 2.45) is 0 Å². The van der Waals surface area contributed by atoms with Crippen molar-refractivity contribution in [1.82, 2.24) is 24.1 Å². The third-order valence-electron chi connectivity index (χ3n) is 11.6. The first kappa shape index (κ1) is 32.0. The molecule has 13 rings (SSSR count). The van der Waals surface area contributed by atoms with Gasteiger partial charge < -0.3 is 4.57 Å². The lowest BCUT2D eigenvalue weighted by Gasteiger charge is -2.13. The van der Waals surface area contributed by atoms with Gasteiger partial charge in [0.2, 0.25) is 5.95 Å². The monoisotopic (exact) mass is 775 g/mol. The number of nitrogens with zero attached hydrogens (tertiary/aromatic N) is 5. The zero-order valence-electron chi connectivity index (χ0n) is 30.8. The molecule has 0 atom stereocenters. The fourth-order valence-electron chi connectivity index (χ4n) is 9.01. The van der Waals surface area contributed by atoms with Crippen LogP contribution in [0.2, 0.25) is 0 Å². The average Bonchev–Trinajstić information content (AvgIpc) is 4.04. The second-order valence-electron chi connectivity index (χ2n) is 14.8. The third-order valence-corrected chi connectivity index (χ3v) is 13.9. The highest BCUT2D eigenvalue weighted by molar-refractivity contribution is 7.26. The van der Waals surface area contributed by atoms with Crippen LogP contribution in [-0.2, 0) is 0 Å². The van der Waals surface area contributed by atoms with E-state index >= 15 is 0 Å². The lowest BCUT2D eigenvalue weighted by molar-refractivity contribution is 0.954. The molecule has 0 aliphatic heterocycles. The Bertz CT molecular complexity index is 3680. The first-order chi connectivity index (χ1) is 28.7. The lowest BCUT2D eigenvalue weighted by Crippen LogP contribution is -2.07. The van der Waals surface area contributed by atoms with Gasteiger partial charge >= 0.3 is 0 Å². The van der Waals surface area contributed by atoms with E-state index in [2.05, 4.69) is 185 Å². The molecule has 7 heteroatoms. The van der Waals surface area contributed by atoms with Gasteiger partial charge in [0.25, 0.3) is 0 Å². The Hall–Kier alpha value is -7.19. The second-order valence-corrected chi connectivity index (χ2v) is 17.0. The summed E-state index contributed by atoms with van der Waals surface area (Å²) < 4.78 is 9.70. The van der Waals surface area contributed by atoms with Crippen molar-refractivity contribution in [2.75, 3.05) is 0 Å². The van der Waals surface area contributed by atoms with Crippen molar-refractivity contribution in [2.45, 2.75) is 0 Å². The van der Waals surface area contributed by atoms with Crippen molar-refractivity contribution in [3.63, 3.8) is 0 Å². The number of fused-ring (bicyclic) bond motifs is 13. The minimum absolute atomic E-state index is 0.578. The van der Waals surface area contributed by atoms with E-state index in [9.17, 15) is 0 Å². The van der Waals surface area contributed by atoms with Crippen molar-refractivity contribution in [3.05, 3.63) is 176 Å². The Morgan fingerprint density at radius 1 is 0.328 bits per heavy atom. The average molecular weight is 776 g/mol. The maximum Gasteiger partial charge on any atom is 0.238 e. The van der Waals surface area contributed by atoms with Gasteiger partial charge in [-0.25, -0.2) is 4.98 Å². The molecule has 0 amide bonds. The number of rotatable bonds is 4. The fourth-order valence-corrected chi connectivity index (χ4v) is 11.2. The van der Waals surface area contributed by atoms with Crippen molar-refractivity contribution < 1.29 is 0 Å². The van der Waals surface area contributed by atoms with E-state index in [4.69, 9.17) is 15.0 Å². The quantitative estimate of drug-likeness (QED) is 0.179. The van der Waals surface area contributed by atoms with E-state index < -0.39 is 0 Å². The number of hydrogen-bond donors (Lipinski definition) is 0. The van der Waals surface area contributed by atoms with Crippen LogP contribution >= 0.6 is 22.7 Å². The largest absolute Gasteiger partial charge is 0.307 e. The topological polar surface area (TPSA) is 48.5 Å². The van der Waals surface area contributed by atoms with E-state index in [0.717, 1.165) is 49.7 Å². The van der Waals surface area contributed by atoms with E-state index in [-0.39, 0.29) is 0 Å². The molecule has 0 radical (unpaired) electrons. The van der Waals surface area contributed by atoms with Gasteiger partial charge in [0.15, 0.2) is 11.6 Å². The van der Waals surface area contributed by atoms with Crippen LogP contribution in [0.15, 0.2) is 176 Å². The van der Waals surface area contributed by atoms with Gasteiger partial charge in [0, 0.05) is 78.7 Å². The van der Waals surface area contributed by atoms with Gasteiger partial charge in [-0.3, -0.25) is 4.57 Å².